The summed E-state index contributed by atoms with van der Waals surface area (Å²) in [5.74, 6) is 1.41. The number of amides is 1. The molecule has 1 aromatic heterocycles. The van der Waals surface area contributed by atoms with Crippen molar-refractivity contribution < 1.29 is 9.21 Å². The number of nitrogens with zero attached hydrogens (tertiary/aromatic N) is 1. The van der Waals surface area contributed by atoms with Gasteiger partial charge in [-0.3, -0.25) is 9.69 Å². The van der Waals surface area contributed by atoms with Gasteiger partial charge in [-0.25, -0.2) is 0 Å². The molecule has 1 aliphatic rings. The van der Waals surface area contributed by atoms with Crippen molar-refractivity contribution in [1.29, 1.82) is 0 Å². The Morgan fingerprint density at radius 2 is 2.21 bits per heavy atom. The summed E-state index contributed by atoms with van der Waals surface area (Å²) < 4.78 is 5.71. The van der Waals surface area contributed by atoms with Crippen LogP contribution in [0.4, 0.5) is 0 Å². The van der Waals surface area contributed by atoms with Crippen molar-refractivity contribution in [2.24, 2.45) is 11.5 Å². The Kier molecular flexibility index (Phi) is 4.27. The van der Waals surface area contributed by atoms with E-state index in [4.69, 9.17) is 15.9 Å². The number of aryl methyl sites for hydroxylation is 1. The Bertz CT molecular complexity index is 442. The number of nitrogens with two attached hydrogens (primary N) is 2. The van der Waals surface area contributed by atoms with Gasteiger partial charge < -0.3 is 15.9 Å². The van der Waals surface area contributed by atoms with E-state index in [1.807, 2.05) is 26.0 Å². The lowest BCUT2D eigenvalue weighted by molar-refractivity contribution is -0.126. The molecule has 3 atom stereocenters. The van der Waals surface area contributed by atoms with Gasteiger partial charge in [0.15, 0.2) is 0 Å². The van der Waals surface area contributed by atoms with Gasteiger partial charge >= 0.3 is 0 Å². The summed E-state index contributed by atoms with van der Waals surface area (Å²) in [7, 11) is 0. The van der Waals surface area contributed by atoms with Crippen LogP contribution in [0.1, 0.15) is 43.7 Å². The molecule has 0 saturated carbocycles. The highest BCUT2D eigenvalue weighted by Gasteiger charge is 2.36. The van der Waals surface area contributed by atoms with Crippen LogP contribution in [-0.2, 0) is 4.79 Å². The average Bonchev–Trinajstić information content (AvgIpc) is 2.76. The standard InChI is InChI=1S/C14H23N3O2/c1-9-6-7-12(19-9)13(10(2)15)17-8-4-3-5-11(17)14(16)18/h6-7,10-11,13H,3-5,8,15H2,1-2H3,(H2,16,18). The number of primary amides is 1. The second-order valence-corrected chi connectivity index (χ2v) is 5.40. The van der Waals surface area contributed by atoms with Crippen LogP contribution in [0, 0.1) is 6.92 Å². The quantitative estimate of drug-likeness (QED) is 0.859. The van der Waals surface area contributed by atoms with Crippen molar-refractivity contribution in [3.8, 4) is 0 Å². The molecular weight excluding hydrogens is 242 g/mol. The monoisotopic (exact) mass is 265 g/mol. The van der Waals surface area contributed by atoms with Gasteiger partial charge in [0.05, 0.1) is 12.1 Å². The number of furan rings is 1. The van der Waals surface area contributed by atoms with E-state index in [9.17, 15) is 4.79 Å². The topological polar surface area (TPSA) is 85.5 Å². The van der Waals surface area contributed by atoms with Crippen molar-refractivity contribution in [2.45, 2.75) is 51.2 Å². The lowest BCUT2D eigenvalue weighted by Crippen LogP contribution is -2.52. The molecule has 3 unspecified atom stereocenters. The molecule has 0 bridgehead atoms. The predicted molar refractivity (Wildman–Crippen MR) is 73.4 cm³/mol. The van der Waals surface area contributed by atoms with Gasteiger partial charge in [-0.2, -0.15) is 0 Å². The smallest absolute Gasteiger partial charge is 0.234 e. The number of likely N-dealkylation sites (tertiary alicyclic amines) is 1. The molecule has 0 aliphatic carbocycles. The molecule has 0 radical (unpaired) electrons. The minimum absolute atomic E-state index is 0.0912. The Morgan fingerprint density at radius 1 is 1.47 bits per heavy atom. The van der Waals surface area contributed by atoms with E-state index in [0.717, 1.165) is 37.3 Å². The maximum Gasteiger partial charge on any atom is 0.234 e. The van der Waals surface area contributed by atoms with Crippen molar-refractivity contribution in [2.75, 3.05) is 6.54 Å². The Balaban J connectivity index is 2.29. The van der Waals surface area contributed by atoms with E-state index in [2.05, 4.69) is 4.90 Å². The summed E-state index contributed by atoms with van der Waals surface area (Å²) in [6.45, 7) is 4.68. The number of hydrogen-bond acceptors (Lipinski definition) is 4. The first-order valence-corrected chi connectivity index (χ1v) is 6.87. The molecule has 2 heterocycles. The number of hydrogen-bond donors (Lipinski definition) is 2. The van der Waals surface area contributed by atoms with Gasteiger partial charge in [0, 0.05) is 6.04 Å². The van der Waals surface area contributed by atoms with Gasteiger partial charge in [0.1, 0.15) is 11.5 Å². The number of carbonyl (C=O) groups excluding carboxylic acids is 1. The molecular formula is C14H23N3O2. The van der Waals surface area contributed by atoms with Crippen LogP contribution in [0.25, 0.3) is 0 Å². The van der Waals surface area contributed by atoms with E-state index >= 15 is 0 Å². The molecule has 0 spiro atoms. The fourth-order valence-electron chi connectivity index (χ4n) is 2.93. The van der Waals surface area contributed by atoms with Gasteiger partial charge in [-0.15, -0.1) is 0 Å². The van der Waals surface area contributed by atoms with Crippen molar-refractivity contribution in [1.82, 2.24) is 4.90 Å². The maximum absolute atomic E-state index is 11.6. The Morgan fingerprint density at radius 3 is 2.74 bits per heavy atom. The molecule has 0 aromatic carbocycles. The summed E-state index contributed by atoms with van der Waals surface area (Å²) in [5.41, 5.74) is 11.6. The molecule has 1 aromatic rings. The fraction of sp³-hybridized carbons (Fsp3) is 0.643. The van der Waals surface area contributed by atoms with Crippen LogP contribution >= 0.6 is 0 Å². The highest BCUT2D eigenvalue weighted by atomic mass is 16.3. The number of piperidine rings is 1. The van der Waals surface area contributed by atoms with Crippen molar-refractivity contribution in [3.05, 3.63) is 23.7 Å². The normalized spacial score (nSPS) is 24.1. The summed E-state index contributed by atoms with van der Waals surface area (Å²) in [4.78, 5) is 13.7. The molecule has 1 aliphatic heterocycles. The summed E-state index contributed by atoms with van der Waals surface area (Å²) in [6.07, 6.45) is 2.90. The molecule has 5 nitrogen and oxygen atoms in total. The second kappa shape index (κ2) is 5.75. The zero-order valence-electron chi connectivity index (χ0n) is 11.6. The maximum atomic E-state index is 11.6. The fourth-order valence-corrected chi connectivity index (χ4v) is 2.93. The van der Waals surface area contributed by atoms with Crippen LogP contribution in [0.5, 0.6) is 0 Å². The van der Waals surface area contributed by atoms with Gasteiger partial charge in [-0.05, 0) is 45.4 Å². The molecule has 4 N–H and O–H groups in total. The van der Waals surface area contributed by atoms with Crippen molar-refractivity contribution >= 4 is 5.91 Å². The Labute approximate surface area is 113 Å². The van der Waals surface area contributed by atoms with E-state index < -0.39 is 0 Å². The van der Waals surface area contributed by atoms with E-state index in [1.54, 1.807) is 0 Å². The Hall–Kier alpha value is -1.33. The minimum atomic E-state index is -0.270. The number of carbonyl (C=O) groups is 1. The van der Waals surface area contributed by atoms with Gasteiger partial charge in [0.25, 0.3) is 0 Å². The lowest BCUT2D eigenvalue weighted by atomic mass is 9.95. The minimum Gasteiger partial charge on any atom is -0.465 e. The third kappa shape index (κ3) is 2.98. The van der Waals surface area contributed by atoms with Crippen LogP contribution < -0.4 is 11.5 Å². The zero-order chi connectivity index (χ0) is 14.0. The summed E-state index contributed by atoms with van der Waals surface area (Å²) in [5, 5.41) is 0. The van der Waals surface area contributed by atoms with Crippen molar-refractivity contribution in [3.63, 3.8) is 0 Å². The molecule has 19 heavy (non-hydrogen) atoms. The summed E-state index contributed by atoms with van der Waals surface area (Å²) >= 11 is 0. The summed E-state index contributed by atoms with van der Waals surface area (Å²) in [6, 6.07) is 3.41. The highest BCUT2D eigenvalue weighted by molar-refractivity contribution is 5.80. The average molecular weight is 265 g/mol. The lowest BCUT2D eigenvalue weighted by Gasteiger charge is -2.40. The van der Waals surface area contributed by atoms with Crippen LogP contribution in [0.2, 0.25) is 0 Å². The van der Waals surface area contributed by atoms with Crippen LogP contribution in [0.15, 0.2) is 16.5 Å². The molecule has 5 heteroatoms. The molecule has 1 amide bonds. The SMILES string of the molecule is Cc1ccc(C(C(C)N)N2CCCCC2C(N)=O)o1. The molecule has 1 saturated heterocycles. The third-order valence-corrected chi connectivity index (χ3v) is 3.78. The molecule has 2 rings (SSSR count). The first-order chi connectivity index (χ1) is 9.00. The zero-order valence-corrected chi connectivity index (χ0v) is 11.6. The van der Waals surface area contributed by atoms with Gasteiger partial charge in [0.2, 0.25) is 5.91 Å². The number of rotatable bonds is 4. The van der Waals surface area contributed by atoms with E-state index in [-0.39, 0.29) is 24.0 Å². The first-order valence-electron chi connectivity index (χ1n) is 6.87. The van der Waals surface area contributed by atoms with Gasteiger partial charge in [-0.1, -0.05) is 6.42 Å². The highest BCUT2D eigenvalue weighted by Crippen LogP contribution is 2.31. The van der Waals surface area contributed by atoms with E-state index in [0.29, 0.717) is 0 Å². The molecule has 1 fully saturated rings. The van der Waals surface area contributed by atoms with E-state index in [1.165, 1.54) is 0 Å². The third-order valence-electron chi connectivity index (χ3n) is 3.78. The van der Waals surface area contributed by atoms with Crippen LogP contribution in [-0.4, -0.2) is 29.4 Å². The molecule has 106 valence electrons. The van der Waals surface area contributed by atoms with Crippen LogP contribution in [0.3, 0.4) is 0 Å². The predicted octanol–water partition coefficient (Wildman–Crippen LogP) is 1.32. The second-order valence-electron chi connectivity index (χ2n) is 5.40. The largest absolute Gasteiger partial charge is 0.465 e. The first kappa shape index (κ1) is 14.1.